The van der Waals surface area contributed by atoms with E-state index in [1.165, 1.54) is 0 Å². The van der Waals surface area contributed by atoms with Crippen LogP contribution in [0.25, 0.3) is 0 Å². The van der Waals surface area contributed by atoms with Crippen LogP contribution in [0.5, 0.6) is 0 Å². The highest BCUT2D eigenvalue weighted by Crippen LogP contribution is 2.04. The third-order valence-corrected chi connectivity index (χ3v) is 1.39. The van der Waals surface area contributed by atoms with Gasteiger partial charge in [-0.1, -0.05) is 0 Å². The second-order valence-electron chi connectivity index (χ2n) is 1.94. The second kappa shape index (κ2) is 4.49. The number of amides is 1. The molecule has 0 rings (SSSR count). The van der Waals surface area contributed by atoms with Crippen molar-refractivity contribution in [2.75, 3.05) is 6.61 Å². The van der Waals surface area contributed by atoms with Gasteiger partial charge in [0.15, 0.2) is 0 Å². The van der Waals surface area contributed by atoms with Crippen LogP contribution in [-0.2, 0) is 4.79 Å². The van der Waals surface area contributed by atoms with Crippen LogP contribution >= 0.6 is 11.6 Å². The number of carbonyl (C=O) groups is 1. The molecule has 0 aromatic carbocycles. The SMILES string of the molecule is NC(=O)C(Cl)C[C@H](O)CO. The fourth-order valence-electron chi connectivity index (χ4n) is 0.430. The van der Waals surface area contributed by atoms with E-state index in [0.717, 1.165) is 0 Å². The smallest absolute Gasteiger partial charge is 0.235 e. The van der Waals surface area contributed by atoms with E-state index in [1.54, 1.807) is 0 Å². The number of aliphatic hydroxyl groups is 2. The van der Waals surface area contributed by atoms with Crippen molar-refractivity contribution in [3.63, 3.8) is 0 Å². The summed E-state index contributed by atoms with van der Waals surface area (Å²) in [4.78, 5) is 10.2. The molecular formula is C5H10ClNO3. The summed E-state index contributed by atoms with van der Waals surface area (Å²) in [6.07, 6.45) is -0.970. The van der Waals surface area contributed by atoms with Gasteiger partial charge in [-0.3, -0.25) is 4.79 Å². The Hall–Kier alpha value is -0.320. The minimum Gasteiger partial charge on any atom is -0.394 e. The van der Waals surface area contributed by atoms with E-state index in [0.29, 0.717) is 0 Å². The predicted octanol–water partition coefficient (Wildman–Crippen LogP) is -1.18. The number of alkyl halides is 1. The Morgan fingerprint density at radius 1 is 1.70 bits per heavy atom. The lowest BCUT2D eigenvalue weighted by Gasteiger charge is -2.08. The number of nitrogens with two attached hydrogens (primary N) is 1. The standard InChI is InChI=1S/C5H10ClNO3/c6-4(5(7)10)1-3(9)2-8/h3-4,8-9H,1-2H2,(H2,7,10)/t3-,4?/m0/s1. The van der Waals surface area contributed by atoms with Crippen molar-refractivity contribution in [1.29, 1.82) is 0 Å². The van der Waals surface area contributed by atoms with Crippen LogP contribution in [0.15, 0.2) is 0 Å². The number of hydrogen-bond acceptors (Lipinski definition) is 3. The highest BCUT2D eigenvalue weighted by Gasteiger charge is 2.15. The largest absolute Gasteiger partial charge is 0.394 e. The van der Waals surface area contributed by atoms with Gasteiger partial charge in [-0.05, 0) is 0 Å². The third kappa shape index (κ3) is 3.66. The Bertz CT molecular complexity index is 119. The van der Waals surface area contributed by atoms with Crippen LogP contribution in [0, 0.1) is 0 Å². The molecule has 60 valence electrons. The molecule has 0 aliphatic carbocycles. The average Bonchev–Trinajstić information content (AvgIpc) is 1.87. The van der Waals surface area contributed by atoms with E-state index in [9.17, 15) is 4.79 Å². The molecule has 0 spiro atoms. The van der Waals surface area contributed by atoms with Crippen LogP contribution in [0.2, 0.25) is 0 Å². The Labute approximate surface area is 63.6 Å². The first-order valence-corrected chi connectivity index (χ1v) is 3.24. The molecule has 0 saturated heterocycles. The van der Waals surface area contributed by atoms with Gasteiger partial charge in [0.05, 0.1) is 12.7 Å². The van der Waals surface area contributed by atoms with E-state index < -0.39 is 24.0 Å². The van der Waals surface area contributed by atoms with Crippen molar-refractivity contribution in [3.8, 4) is 0 Å². The second-order valence-corrected chi connectivity index (χ2v) is 2.47. The fourth-order valence-corrected chi connectivity index (χ4v) is 0.635. The van der Waals surface area contributed by atoms with Gasteiger partial charge in [-0.25, -0.2) is 0 Å². The molecule has 4 nitrogen and oxygen atoms in total. The van der Waals surface area contributed by atoms with Gasteiger partial charge in [0.2, 0.25) is 5.91 Å². The highest BCUT2D eigenvalue weighted by atomic mass is 35.5. The maximum Gasteiger partial charge on any atom is 0.235 e. The first kappa shape index (κ1) is 9.68. The summed E-state index contributed by atoms with van der Waals surface area (Å²) < 4.78 is 0. The summed E-state index contributed by atoms with van der Waals surface area (Å²) in [5, 5.41) is 16.1. The monoisotopic (exact) mass is 167 g/mol. The Balaban J connectivity index is 3.56. The molecule has 2 atom stereocenters. The highest BCUT2D eigenvalue weighted by molar-refractivity contribution is 6.30. The molecule has 0 aliphatic rings. The molecule has 1 amide bonds. The Morgan fingerprint density at radius 3 is 2.50 bits per heavy atom. The summed E-state index contributed by atoms with van der Waals surface area (Å²) in [6, 6.07) is 0. The molecule has 5 heteroatoms. The molecule has 0 fully saturated rings. The molecule has 0 aromatic heterocycles. The molecule has 10 heavy (non-hydrogen) atoms. The van der Waals surface area contributed by atoms with E-state index in [2.05, 4.69) is 0 Å². The van der Waals surface area contributed by atoms with Gasteiger partial charge in [0.25, 0.3) is 0 Å². The van der Waals surface area contributed by atoms with Gasteiger partial charge in [0.1, 0.15) is 5.38 Å². The number of halogens is 1. The lowest BCUT2D eigenvalue weighted by molar-refractivity contribution is -0.118. The van der Waals surface area contributed by atoms with E-state index in [4.69, 9.17) is 27.5 Å². The molecule has 0 saturated carbocycles. The van der Waals surface area contributed by atoms with Crippen molar-refractivity contribution in [1.82, 2.24) is 0 Å². The van der Waals surface area contributed by atoms with Crippen molar-refractivity contribution < 1.29 is 15.0 Å². The summed E-state index contributed by atoms with van der Waals surface area (Å²) in [6.45, 7) is -0.406. The summed E-state index contributed by atoms with van der Waals surface area (Å²) in [7, 11) is 0. The maximum atomic E-state index is 10.2. The van der Waals surface area contributed by atoms with E-state index in [-0.39, 0.29) is 6.42 Å². The van der Waals surface area contributed by atoms with Crippen LogP contribution in [0.4, 0.5) is 0 Å². The molecule has 0 bridgehead atoms. The Kier molecular flexibility index (Phi) is 4.34. The van der Waals surface area contributed by atoms with E-state index in [1.807, 2.05) is 0 Å². The number of carbonyl (C=O) groups excluding carboxylic acids is 1. The first-order valence-electron chi connectivity index (χ1n) is 2.80. The first-order chi connectivity index (χ1) is 4.57. The molecule has 0 heterocycles. The summed E-state index contributed by atoms with van der Waals surface area (Å²) in [5.74, 6) is -0.686. The summed E-state index contributed by atoms with van der Waals surface area (Å²) >= 11 is 5.34. The van der Waals surface area contributed by atoms with Gasteiger partial charge >= 0.3 is 0 Å². The van der Waals surface area contributed by atoms with Crippen molar-refractivity contribution in [2.24, 2.45) is 5.73 Å². The zero-order valence-electron chi connectivity index (χ0n) is 5.33. The number of aliphatic hydroxyl groups excluding tert-OH is 2. The average molecular weight is 168 g/mol. The van der Waals surface area contributed by atoms with Crippen molar-refractivity contribution >= 4 is 17.5 Å². The normalized spacial score (nSPS) is 16.3. The molecule has 0 aromatic rings. The van der Waals surface area contributed by atoms with Crippen LogP contribution in [0.1, 0.15) is 6.42 Å². The molecule has 1 unspecified atom stereocenters. The lowest BCUT2D eigenvalue weighted by Crippen LogP contribution is -2.28. The van der Waals surface area contributed by atoms with Gasteiger partial charge in [0, 0.05) is 6.42 Å². The molecular weight excluding hydrogens is 158 g/mol. The summed E-state index contributed by atoms with van der Waals surface area (Å²) in [5.41, 5.74) is 4.78. The number of primary amides is 1. The number of rotatable bonds is 4. The minimum absolute atomic E-state index is 0.00656. The predicted molar refractivity (Wildman–Crippen MR) is 36.5 cm³/mol. The fraction of sp³-hybridized carbons (Fsp3) is 0.800. The van der Waals surface area contributed by atoms with Crippen LogP contribution < -0.4 is 5.73 Å². The third-order valence-electron chi connectivity index (χ3n) is 0.998. The van der Waals surface area contributed by atoms with Crippen LogP contribution in [0.3, 0.4) is 0 Å². The van der Waals surface area contributed by atoms with E-state index >= 15 is 0 Å². The van der Waals surface area contributed by atoms with Crippen molar-refractivity contribution in [3.05, 3.63) is 0 Å². The minimum atomic E-state index is -0.963. The Morgan fingerprint density at radius 2 is 2.20 bits per heavy atom. The maximum absolute atomic E-state index is 10.2. The lowest BCUT2D eigenvalue weighted by atomic mass is 10.2. The van der Waals surface area contributed by atoms with Crippen LogP contribution in [-0.4, -0.2) is 34.2 Å². The van der Waals surface area contributed by atoms with Gasteiger partial charge < -0.3 is 15.9 Å². The van der Waals surface area contributed by atoms with Crippen molar-refractivity contribution in [2.45, 2.75) is 17.9 Å². The topological polar surface area (TPSA) is 83.6 Å². The zero-order chi connectivity index (χ0) is 8.15. The van der Waals surface area contributed by atoms with Gasteiger partial charge in [-0.15, -0.1) is 11.6 Å². The molecule has 0 aliphatic heterocycles. The van der Waals surface area contributed by atoms with Gasteiger partial charge in [-0.2, -0.15) is 0 Å². The zero-order valence-corrected chi connectivity index (χ0v) is 6.08. The number of hydrogen-bond donors (Lipinski definition) is 3. The quantitative estimate of drug-likeness (QED) is 0.461. The molecule has 0 radical (unpaired) electrons. The molecule has 4 N–H and O–H groups in total.